The molecular weight excluding hydrogens is 564 g/mol. The van der Waals surface area contributed by atoms with Crippen molar-refractivity contribution in [1.29, 1.82) is 0 Å². The number of anilines is 1. The van der Waals surface area contributed by atoms with E-state index in [2.05, 4.69) is 0 Å². The summed E-state index contributed by atoms with van der Waals surface area (Å²) in [6.45, 7) is 1.70. The van der Waals surface area contributed by atoms with Crippen LogP contribution < -0.4 is 4.90 Å². The smallest absolute Gasteiger partial charge is 0.331 e. The molecule has 0 spiro atoms. The van der Waals surface area contributed by atoms with Crippen molar-refractivity contribution in [2.24, 2.45) is 0 Å². The summed E-state index contributed by atoms with van der Waals surface area (Å²) in [4.78, 5) is 41.3. The summed E-state index contributed by atoms with van der Waals surface area (Å²) in [5.41, 5.74) is 1.57. The zero-order valence-electron chi connectivity index (χ0n) is 24.1. The van der Waals surface area contributed by atoms with Gasteiger partial charge in [0, 0.05) is 24.7 Å². The molecule has 0 aromatic heterocycles. The van der Waals surface area contributed by atoms with Crippen LogP contribution >= 0.6 is 0 Å². The molecule has 3 amide bonds. The largest absolute Gasteiger partial charge is 0.481 e. The number of fused-ring (bicyclic) bond motifs is 1. The van der Waals surface area contributed by atoms with E-state index in [1.165, 1.54) is 4.90 Å². The SMILES string of the molecule is CCN(C(=O)CCC(=O)O)C(=O)N(c1ccc2ccccc2c1)[C@@H](CCc1ccccc1)CCS(=O)(=O)c1ccccc1. The molecule has 0 radical (unpaired) electrons. The molecule has 0 aliphatic rings. The highest BCUT2D eigenvalue weighted by molar-refractivity contribution is 7.91. The fourth-order valence-corrected chi connectivity index (χ4v) is 6.51. The summed E-state index contributed by atoms with van der Waals surface area (Å²) in [5.74, 6) is -1.93. The van der Waals surface area contributed by atoms with Gasteiger partial charge in [-0.05, 0) is 66.8 Å². The van der Waals surface area contributed by atoms with E-state index in [1.807, 2.05) is 66.7 Å². The zero-order valence-corrected chi connectivity index (χ0v) is 24.9. The summed E-state index contributed by atoms with van der Waals surface area (Å²) in [6.07, 6.45) is 0.424. The molecule has 0 fully saturated rings. The van der Waals surface area contributed by atoms with Gasteiger partial charge in [-0.1, -0.05) is 78.9 Å². The standard InChI is InChI=1S/C34H36N2O6S/c1-2-35(32(37)21-22-33(38)39)34(40)36(30-20-18-27-13-9-10-14-28(27)25-30)29(19-17-26-11-5-3-6-12-26)23-24-43(41,42)31-15-7-4-8-16-31/h3-16,18,20,25,29H,2,17,19,21-24H2,1H3,(H,38,39)/t29-/m0/s1. The number of aryl methyl sites for hydroxylation is 1. The lowest BCUT2D eigenvalue weighted by Gasteiger charge is -2.36. The third kappa shape index (κ3) is 8.29. The summed E-state index contributed by atoms with van der Waals surface area (Å²) in [7, 11) is -3.66. The maximum absolute atomic E-state index is 14.3. The fourth-order valence-electron chi connectivity index (χ4n) is 5.12. The number of amides is 3. The number of nitrogens with zero attached hydrogens (tertiary/aromatic N) is 2. The molecule has 0 bridgehead atoms. The molecule has 0 aliphatic heterocycles. The van der Waals surface area contributed by atoms with Gasteiger partial charge in [-0.3, -0.25) is 19.4 Å². The Balaban J connectivity index is 1.75. The Bertz CT molecular complexity index is 1660. The van der Waals surface area contributed by atoms with Crippen molar-refractivity contribution in [3.05, 3.63) is 109 Å². The second-order valence-corrected chi connectivity index (χ2v) is 12.4. The molecule has 0 heterocycles. The minimum atomic E-state index is -3.66. The summed E-state index contributed by atoms with van der Waals surface area (Å²) in [6, 6.07) is 30.0. The second-order valence-electron chi connectivity index (χ2n) is 10.3. The Kier molecular flexibility index (Phi) is 10.7. The highest BCUT2D eigenvalue weighted by Crippen LogP contribution is 2.29. The number of imide groups is 1. The van der Waals surface area contributed by atoms with Crippen molar-refractivity contribution in [1.82, 2.24) is 4.90 Å². The highest BCUT2D eigenvalue weighted by atomic mass is 32.2. The highest BCUT2D eigenvalue weighted by Gasteiger charge is 2.33. The number of sulfone groups is 1. The Morgan fingerprint density at radius 1 is 0.767 bits per heavy atom. The van der Waals surface area contributed by atoms with Crippen LogP contribution in [0, 0.1) is 0 Å². The van der Waals surface area contributed by atoms with Gasteiger partial charge in [0.05, 0.1) is 17.1 Å². The predicted molar refractivity (Wildman–Crippen MR) is 168 cm³/mol. The van der Waals surface area contributed by atoms with Gasteiger partial charge in [0.2, 0.25) is 5.91 Å². The van der Waals surface area contributed by atoms with Crippen molar-refractivity contribution in [3.63, 3.8) is 0 Å². The Labute approximate surface area is 252 Å². The Morgan fingerprint density at radius 2 is 1.40 bits per heavy atom. The van der Waals surface area contributed by atoms with Crippen LogP contribution in [0.25, 0.3) is 10.8 Å². The fraction of sp³-hybridized carbons (Fsp3) is 0.265. The third-order valence-electron chi connectivity index (χ3n) is 7.41. The summed E-state index contributed by atoms with van der Waals surface area (Å²) in [5, 5.41) is 11.0. The van der Waals surface area contributed by atoms with Gasteiger partial charge < -0.3 is 5.11 Å². The van der Waals surface area contributed by atoms with Crippen molar-refractivity contribution in [3.8, 4) is 0 Å². The summed E-state index contributed by atoms with van der Waals surface area (Å²) < 4.78 is 26.7. The molecule has 1 N–H and O–H groups in total. The summed E-state index contributed by atoms with van der Waals surface area (Å²) >= 11 is 0. The first-order chi connectivity index (χ1) is 20.7. The van der Waals surface area contributed by atoms with Crippen LogP contribution in [0.15, 0.2) is 108 Å². The number of carbonyl (C=O) groups is 3. The van der Waals surface area contributed by atoms with Gasteiger partial charge in [0.15, 0.2) is 9.84 Å². The second kappa shape index (κ2) is 14.6. The molecule has 9 heteroatoms. The molecule has 4 aromatic rings. The van der Waals surface area contributed by atoms with E-state index in [9.17, 15) is 22.8 Å². The first kappa shape index (κ1) is 31.4. The topological polar surface area (TPSA) is 112 Å². The number of benzene rings is 4. The van der Waals surface area contributed by atoms with Crippen molar-refractivity contribution < 1.29 is 27.9 Å². The molecule has 0 aliphatic carbocycles. The molecule has 4 aromatic carbocycles. The minimum absolute atomic E-state index is 0.0368. The molecule has 0 saturated carbocycles. The number of carboxylic acids is 1. The molecule has 0 unspecified atom stereocenters. The predicted octanol–water partition coefficient (Wildman–Crippen LogP) is 6.34. The Morgan fingerprint density at radius 3 is 2.05 bits per heavy atom. The molecule has 4 rings (SSSR count). The molecule has 43 heavy (non-hydrogen) atoms. The number of urea groups is 1. The molecule has 1 atom stereocenters. The van der Waals surface area contributed by atoms with E-state index >= 15 is 0 Å². The van der Waals surface area contributed by atoms with Gasteiger partial charge in [-0.25, -0.2) is 13.2 Å². The number of aliphatic carboxylic acids is 1. The van der Waals surface area contributed by atoms with Crippen LogP contribution in [0.5, 0.6) is 0 Å². The lowest BCUT2D eigenvalue weighted by atomic mass is 10.0. The average molecular weight is 601 g/mol. The quantitative estimate of drug-likeness (QED) is 0.192. The van der Waals surface area contributed by atoms with Crippen LogP contribution in [0.2, 0.25) is 0 Å². The third-order valence-corrected chi connectivity index (χ3v) is 9.18. The van der Waals surface area contributed by atoms with Crippen LogP contribution in [0.1, 0.15) is 38.2 Å². The van der Waals surface area contributed by atoms with Gasteiger partial charge in [0.1, 0.15) is 0 Å². The number of rotatable bonds is 13. The van der Waals surface area contributed by atoms with E-state index in [0.717, 1.165) is 21.2 Å². The van der Waals surface area contributed by atoms with E-state index in [0.29, 0.717) is 18.5 Å². The number of hydrogen-bond donors (Lipinski definition) is 1. The maximum atomic E-state index is 14.3. The van der Waals surface area contributed by atoms with Crippen LogP contribution in [-0.2, 0) is 25.8 Å². The minimum Gasteiger partial charge on any atom is -0.481 e. The number of carbonyl (C=O) groups excluding carboxylic acids is 2. The van der Waals surface area contributed by atoms with Crippen molar-refractivity contribution >= 4 is 44.2 Å². The van der Waals surface area contributed by atoms with E-state index in [-0.39, 0.29) is 30.0 Å². The molecule has 0 saturated heterocycles. The maximum Gasteiger partial charge on any atom is 0.331 e. The molecule has 8 nitrogen and oxygen atoms in total. The van der Waals surface area contributed by atoms with E-state index < -0.39 is 40.2 Å². The van der Waals surface area contributed by atoms with Crippen molar-refractivity contribution in [2.45, 2.75) is 50.0 Å². The van der Waals surface area contributed by atoms with Gasteiger partial charge in [-0.2, -0.15) is 0 Å². The average Bonchev–Trinajstić information content (AvgIpc) is 3.02. The van der Waals surface area contributed by atoms with Crippen LogP contribution in [0.4, 0.5) is 10.5 Å². The lowest BCUT2D eigenvalue weighted by Crippen LogP contribution is -2.51. The Hall–Kier alpha value is -4.50. The van der Waals surface area contributed by atoms with Crippen LogP contribution in [-0.4, -0.2) is 54.7 Å². The number of carboxylic acid groups (broad SMARTS) is 1. The molecule has 224 valence electrons. The monoisotopic (exact) mass is 600 g/mol. The number of hydrogen-bond acceptors (Lipinski definition) is 5. The normalized spacial score (nSPS) is 12.0. The first-order valence-corrected chi connectivity index (χ1v) is 16.0. The van der Waals surface area contributed by atoms with E-state index in [1.54, 1.807) is 43.3 Å². The van der Waals surface area contributed by atoms with Gasteiger partial charge in [0.25, 0.3) is 0 Å². The van der Waals surface area contributed by atoms with Gasteiger partial charge >= 0.3 is 12.0 Å². The zero-order chi connectivity index (χ0) is 30.8. The first-order valence-electron chi connectivity index (χ1n) is 14.4. The van der Waals surface area contributed by atoms with Gasteiger partial charge in [-0.15, -0.1) is 0 Å². The lowest BCUT2D eigenvalue weighted by molar-refractivity contribution is -0.140. The molecular formula is C34H36N2O6S. The van der Waals surface area contributed by atoms with Crippen molar-refractivity contribution in [2.75, 3.05) is 17.2 Å². The van der Waals surface area contributed by atoms with Crippen LogP contribution in [0.3, 0.4) is 0 Å². The van der Waals surface area contributed by atoms with E-state index in [4.69, 9.17) is 5.11 Å².